The summed E-state index contributed by atoms with van der Waals surface area (Å²) in [5, 5.41) is 0. The van der Waals surface area contributed by atoms with Gasteiger partial charge < -0.3 is 15.4 Å². The fraction of sp³-hybridized carbons (Fsp3) is 0.529. The third-order valence-corrected chi connectivity index (χ3v) is 4.03. The average Bonchev–Trinajstić information content (AvgIpc) is 3.02. The Morgan fingerprint density at radius 1 is 1.26 bits per heavy atom. The van der Waals surface area contributed by atoms with Crippen LogP contribution >= 0.6 is 12.4 Å². The molecule has 23 heavy (non-hydrogen) atoms. The van der Waals surface area contributed by atoms with E-state index < -0.39 is 0 Å². The van der Waals surface area contributed by atoms with E-state index in [1.54, 1.807) is 24.3 Å². The van der Waals surface area contributed by atoms with Crippen molar-refractivity contribution in [3.05, 3.63) is 29.8 Å². The number of rotatable bonds is 7. The van der Waals surface area contributed by atoms with Crippen molar-refractivity contribution in [2.75, 3.05) is 26.2 Å². The topological polar surface area (TPSA) is 72.6 Å². The van der Waals surface area contributed by atoms with Crippen molar-refractivity contribution < 1.29 is 14.3 Å². The summed E-state index contributed by atoms with van der Waals surface area (Å²) >= 11 is 0. The number of nitrogens with two attached hydrogens (primary N) is 1. The highest BCUT2D eigenvalue weighted by molar-refractivity contribution is 5.98. The summed E-state index contributed by atoms with van der Waals surface area (Å²) in [5.74, 6) is 1.20. The summed E-state index contributed by atoms with van der Waals surface area (Å²) in [5.41, 5.74) is 6.25. The molecule has 6 heteroatoms. The molecule has 1 aliphatic heterocycles. The molecule has 2 rings (SSSR count). The molecule has 1 unspecified atom stereocenters. The van der Waals surface area contributed by atoms with Gasteiger partial charge in [-0.15, -0.1) is 12.4 Å². The van der Waals surface area contributed by atoms with Crippen LogP contribution in [0.2, 0.25) is 0 Å². The molecule has 2 N–H and O–H groups in total. The summed E-state index contributed by atoms with van der Waals surface area (Å²) in [6.07, 6.45) is 1.48. The van der Waals surface area contributed by atoms with Gasteiger partial charge in [0.05, 0.1) is 6.61 Å². The number of likely N-dealkylation sites (tertiary alicyclic amines) is 1. The SMILES string of the molecule is CCOc1ccc(C(=O)CCC(=O)N2CCC(CN)C2)cc1.Cl. The number of carbonyl (C=O) groups is 2. The largest absolute Gasteiger partial charge is 0.494 e. The van der Waals surface area contributed by atoms with Crippen molar-refractivity contribution in [1.82, 2.24) is 4.90 Å². The zero-order valence-corrected chi connectivity index (χ0v) is 14.3. The number of benzene rings is 1. The summed E-state index contributed by atoms with van der Waals surface area (Å²) in [6, 6.07) is 7.06. The number of nitrogens with zero attached hydrogens (tertiary/aromatic N) is 1. The highest BCUT2D eigenvalue weighted by Gasteiger charge is 2.25. The molecule has 1 saturated heterocycles. The van der Waals surface area contributed by atoms with Gasteiger partial charge in [0.25, 0.3) is 0 Å². The van der Waals surface area contributed by atoms with Crippen LogP contribution < -0.4 is 10.5 Å². The quantitative estimate of drug-likeness (QED) is 0.773. The van der Waals surface area contributed by atoms with E-state index >= 15 is 0 Å². The molecule has 0 spiro atoms. The number of halogens is 1. The predicted octanol–water partition coefficient (Wildman–Crippen LogP) is 2.28. The molecule has 5 nitrogen and oxygen atoms in total. The van der Waals surface area contributed by atoms with Crippen molar-refractivity contribution in [1.29, 1.82) is 0 Å². The summed E-state index contributed by atoms with van der Waals surface area (Å²) in [6.45, 7) is 4.62. The van der Waals surface area contributed by atoms with Crippen LogP contribution in [0.4, 0.5) is 0 Å². The molecule has 1 aromatic rings. The van der Waals surface area contributed by atoms with E-state index in [0.717, 1.165) is 25.3 Å². The second-order valence-corrected chi connectivity index (χ2v) is 5.61. The molecular formula is C17H25ClN2O3. The molecule has 1 aromatic carbocycles. The van der Waals surface area contributed by atoms with Crippen LogP contribution in [0.15, 0.2) is 24.3 Å². The fourth-order valence-electron chi connectivity index (χ4n) is 2.68. The first-order chi connectivity index (χ1) is 10.6. The summed E-state index contributed by atoms with van der Waals surface area (Å²) in [7, 11) is 0. The smallest absolute Gasteiger partial charge is 0.223 e. The Morgan fingerprint density at radius 2 is 1.96 bits per heavy atom. The Morgan fingerprint density at radius 3 is 2.52 bits per heavy atom. The van der Waals surface area contributed by atoms with Gasteiger partial charge in [0.15, 0.2) is 5.78 Å². The number of ketones is 1. The fourth-order valence-corrected chi connectivity index (χ4v) is 2.68. The zero-order chi connectivity index (χ0) is 15.9. The predicted molar refractivity (Wildman–Crippen MR) is 92.2 cm³/mol. The third-order valence-electron chi connectivity index (χ3n) is 4.03. The van der Waals surface area contributed by atoms with Crippen LogP contribution in [-0.4, -0.2) is 42.8 Å². The van der Waals surface area contributed by atoms with Crippen LogP contribution in [0, 0.1) is 5.92 Å². The monoisotopic (exact) mass is 340 g/mol. The van der Waals surface area contributed by atoms with Gasteiger partial charge in [-0.25, -0.2) is 0 Å². The normalized spacial score (nSPS) is 16.8. The van der Waals surface area contributed by atoms with Crippen LogP contribution in [-0.2, 0) is 4.79 Å². The van der Waals surface area contributed by atoms with Crippen LogP contribution in [0.5, 0.6) is 5.75 Å². The van der Waals surface area contributed by atoms with Gasteiger partial charge in [0, 0.05) is 31.5 Å². The van der Waals surface area contributed by atoms with Crippen LogP contribution in [0.3, 0.4) is 0 Å². The van der Waals surface area contributed by atoms with Crippen molar-refractivity contribution in [3.63, 3.8) is 0 Å². The minimum absolute atomic E-state index is 0. The van der Waals surface area contributed by atoms with Gasteiger partial charge >= 0.3 is 0 Å². The Hall–Kier alpha value is -1.59. The van der Waals surface area contributed by atoms with E-state index in [1.165, 1.54) is 0 Å². The van der Waals surface area contributed by atoms with Crippen molar-refractivity contribution in [3.8, 4) is 5.75 Å². The van der Waals surface area contributed by atoms with Gasteiger partial charge in [-0.1, -0.05) is 0 Å². The maximum absolute atomic E-state index is 12.1. The molecule has 1 amide bonds. The molecule has 1 fully saturated rings. The van der Waals surface area contributed by atoms with Crippen molar-refractivity contribution in [2.45, 2.75) is 26.2 Å². The lowest BCUT2D eigenvalue weighted by Crippen LogP contribution is -2.30. The van der Waals surface area contributed by atoms with E-state index in [1.807, 2.05) is 11.8 Å². The van der Waals surface area contributed by atoms with Gasteiger partial charge in [0.2, 0.25) is 5.91 Å². The summed E-state index contributed by atoms with van der Waals surface area (Å²) < 4.78 is 5.34. The Kier molecular flexibility index (Phi) is 8.06. The van der Waals surface area contributed by atoms with E-state index in [0.29, 0.717) is 24.6 Å². The van der Waals surface area contributed by atoms with Gasteiger partial charge in [-0.05, 0) is 50.1 Å². The van der Waals surface area contributed by atoms with E-state index in [4.69, 9.17) is 10.5 Å². The average molecular weight is 341 g/mol. The minimum atomic E-state index is -0.00836. The maximum Gasteiger partial charge on any atom is 0.223 e. The molecular weight excluding hydrogens is 316 g/mol. The summed E-state index contributed by atoms with van der Waals surface area (Å²) in [4.78, 5) is 26.0. The Balaban J connectivity index is 0.00000264. The standard InChI is InChI=1S/C17H24N2O3.ClH/c1-2-22-15-5-3-14(4-6-15)16(20)7-8-17(21)19-10-9-13(11-18)12-19;/h3-6,13H,2,7-12,18H2,1H3;1H. The third kappa shape index (κ3) is 5.52. The Bertz CT molecular complexity index is 519. The van der Waals surface area contributed by atoms with Gasteiger partial charge in [-0.2, -0.15) is 0 Å². The highest BCUT2D eigenvalue weighted by Crippen LogP contribution is 2.17. The molecule has 0 saturated carbocycles. The zero-order valence-electron chi connectivity index (χ0n) is 13.5. The number of hydrogen-bond acceptors (Lipinski definition) is 4. The number of amides is 1. The number of ether oxygens (including phenoxy) is 1. The molecule has 128 valence electrons. The minimum Gasteiger partial charge on any atom is -0.494 e. The molecule has 0 bridgehead atoms. The number of Topliss-reactive ketones (excluding diaryl/α,β-unsaturated/α-hetero) is 1. The highest BCUT2D eigenvalue weighted by atomic mass is 35.5. The van der Waals surface area contributed by atoms with E-state index in [-0.39, 0.29) is 36.9 Å². The molecule has 0 radical (unpaired) electrons. The Labute approximate surface area is 143 Å². The first-order valence-corrected chi connectivity index (χ1v) is 7.88. The molecule has 0 aliphatic carbocycles. The lowest BCUT2D eigenvalue weighted by molar-refractivity contribution is -0.130. The van der Waals surface area contributed by atoms with E-state index in [9.17, 15) is 9.59 Å². The first-order valence-electron chi connectivity index (χ1n) is 7.88. The first kappa shape index (κ1) is 19.5. The van der Waals surface area contributed by atoms with Gasteiger partial charge in [-0.3, -0.25) is 9.59 Å². The lowest BCUT2D eigenvalue weighted by atomic mass is 10.1. The van der Waals surface area contributed by atoms with Gasteiger partial charge in [0.1, 0.15) is 5.75 Å². The number of carbonyl (C=O) groups excluding carboxylic acids is 2. The maximum atomic E-state index is 12.1. The second-order valence-electron chi connectivity index (χ2n) is 5.61. The lowest BCUT2D eigenvalue weighted by Gasteiger charge is -2.15. The van der Waals surface area contributed by atoms with Crippen molar-refractivity contribution >= 4 is 24.1 Å². The van der Waals surface area contributed by atoms with E-state index in [2.05, 4.69) is 0 Å². The number of hydrogen-bond donors (Lipinski definition) is 1. The van der Waals surface area contributed by atoms with Crippen molar-refractivity contribution in [2.24, 2.45) is 11.7 Å². The van der Waals surface area contributed by atoms with Crippen LogP contribution in [0.25, 0.3) is 0 Å². The molecule has 1 aliphatic rings. The molecule has 0 aromatic heterocycles. The molecule has 1 atom stereocenters. The van der Waals surface area contributed by atoms with Crippen LogP contribution in [0.1, 0.15) is 36.5 Å². The second kappa shape index (κ2) is 9.53. The molecule has 1 heterocycles.